The number of halogens is 1. The van der Waals surface area contributed by atoms with Crippen LogP contribution in [-0.4, -0.2) is 20.9 Å². The van der Waals surface area contributed by atoms with Crippen molar-refractivity contribution in [3.05, 3.63) is 76.2 Å². The largest absolute Gasteiger partial charge is 0.326 e. The Labute approximate surface area is 160 Å². The van der Waals surface area contributed by atoms with Crippen molar-refractivity contribution >= 4 is 11.6 Å². The van der Waals surface area contributed by atoms with Crippen LogP contribution in [0.3, 0.4) is 0 Å². The second kappa shape index (κ2) is 7.72. The number of rotatable bonds is 3. The summed E-state index contributed by atoms with van der Waals surface area (Å²) >= 11 is 0. The predicted octanol–water partition coefficient (Wildman–Crippen LogP) is 3.10. The summed E-state index contributed by atoms with van der Waals surface area (Å²) in [5.41, 5.74) is 2.50. The average molecular weight is 378 g/mol. The summed E-state index contributed by atoms with van der Waals surface area (Å²) in [7, 11) is 0. The second-order valence-electron chi connectivity index (χ2n) is 6.85. The van der Waals surface area contributed by atoms with Crippen molar-refractivity contribution < 1.29 is 9.18 Å². The van der Waals surface area contributed by atoms with Crippen LogP contribution in [0.2, 0.25) is 0 Å². The number of hydrogen-bond donors (Lipinski definition) is 2. The molecule has 1 aliphatic rings. The maximum absolute atomic E-state index is 13.1. The lowest BCUT2D eigenvalue weighted by molar-refractivity contribution is -0.120. The predicted molar refractivity (Wildman–Crippen MR) is 103 cm³/mol. The Hall–Kier alpha value is -3.35. The molecule has 1 amide bonds. The first-order valence-electron chi connectivity index (χ1n) is 9.19. The summed E-state index contributed by atoms with van der Waals surface area (Å²) in [6.45, 7) is 0. The number of nitrogens with zero attached hydrogens (tertiary/aromatic N) is 2. The van der Waals surface area contributed by atoms with Crippen molar-refractivity contribution in [1.29, 1.82) is 0 Å². The van der Waals surface area contributed by atoms with Crippen molar-refractivity contribution in [1.82, 2.24) is 15.0 Å². The molecule has 1 aliphatic carbocycles. The van der Waals surface area contributed by atoms with Crippen LogP contribution in [0.1, 0.15) is 24.1 Å². The van der Waals surface area contributed by atoms with Gasteiger partial charge in [-0.25, -0.2) is 9.37 Å². The van der Waals surface area contributed by atoms with Crippen LogP contribution >= 0.6 is 0 Å². The molecule has 0 saturated carbocycles. The van der Waals surface area contributed by atoms with E-state index in [1.165, 1.54) is 12.1 Å². The van der Waals surface area contributed by atoms with Crippen LogP contribution in [0.25, 0.3) is 11.4 Å². The van der Waals surface area contributed by atoms with E-state index in [0.29, 0.717) is 54.0 Å². The third kappa shape index (κ3) is 3.83. The summed E-state index contributed by atoms with van der Waals surface area (Å²) in [5, 5.41) is 2.90. The Morgan fingerprint density at radius 3 is 2.54 bits per heavy atom. The molecule has 4 rings (SSSR count). The molecule has 6 nitrogen and oxygen atoms in total. The van der Waals surface area contributed by atoms with Gasteiger partial charge in [0, 0.05) is 35.1 Å². The molecule has 0 bridgehead atoms. The zero-order valence-corrected chi connectivity index (χ0v) is 15.1. The molecule has 142 valence electrons. The van der Waals surface area contributed by atoms with E-state index in [0.717, 1.165) is 0 Å². The number of pyridine rings is 1. The van der Waals surface area contributed by atoms with E-state index in [1.54, 1.807) is 36.7 Å². The maximum Gasteiger partial charge on any atom is 0.254 e. The number of carbonyl (C=O) groups is 1. The highest BCUT2D eigenvalue weighted by atomic mass is 19.1. The molecule has 0 spiro atoms. The molecule has 0 radical (unpaired) electrons. The Morgan fingerprint density at radius 1 is 1.07 bits per heavy atom. The number of amides is 1. The number of benzene rings is 1. The molecule has 2 heterocycles. The molecule has 0 fully saturated rings. The van der Waals surface area contributed by atoms with Crippen LogP contribution in [0.5, 0.6) is 0 Å². The van der Waals surface area contributed by atoms with Crippen molar-refractivity contribution in [2.75, 3.05) is 5.32 Å². The summed E-state index contributed by atoms with van der Waals surface area (Å²) < 4.78 is 13.1. The number of fused-ring (bicyclic) bond motifs is 1. The molecular formula is C21H19FN4O2. The fourth-order valence-electron chi connectivity index (χ4n) is 3.47. The molecule has 2 aromatic heterocycles. The number of aromatic amines is 1. The summed E-state index contributed by atoms with van der Waals surface area (Å²) in [4.78, 5) is 36.5. The summed E-state index contributed by atoms with van der Waals surface area (Å²) in [6.07, 6.45) is 5.49. The zero-order chi connectivity index (χ0) is 19.5. The van der Waals surface area contributed by atoms with Gasteiger partial charge in [-0.1, -0.05) is 0 Å². The van der Waals surface area contributed by atoms with E-state index >= 15 is 0 Å². The maximum atomic E-state index is 13.1. The molecule has 2 N–H and O–H groups in total. The highest BCUT2D eigenvalue weighted by Crippen LogP contribution is 2.24. The topological polar surface area (TPSA) is 87.7 Å². The molecule has 7 heteroatoms. The third-order valence-corrected chi connectivity index (χ3v) is 5.01. The molecule has 28 heavy (non-hydrogen) atoms. The van der Waals surface area contributed by atoms with Crippen molar-refractivity contribution in [3.8, 4) is 11.4 Å². The van der Waals surface area contributed by atoms with Crippen molar-refractivity contribution in [2.24, 2.45) is 5.92 Å². The Kier molecular flexibility index (Phi) is 4.97. The standard InChI is InChI=1S/C21H19FN4O2/c22-15-5-1-13(2-6-15)19-25-18-8-4-14(3-7-17(18)21(28)26-19)20(27)24-16-9-11-23-12-10-16/h1-2,5-6,9-12,14H,3-4,7-8H2,(H,23,24,27)(H,25,26,28). The average Bonchev–Trinajstić information content (AvgIpc) is 2.92. The van der Waals surface area contributed by atoms with Crippen LogP contribution in [-0.2, 0) is 17.6 Å². The lowest BCUT2D eigenvalue weighted by atomic mass is 9.99. The first kappa shape index (κ1) is 18.0. The molecular weight excluding hydrogens is 359 g/mol. The van der Waals surface area contributed by atoms with E-state index in [-0.39, 0.29) is 23.2 Å². The number of aryl methyl sites for hydroxylation is 1. The quantitative estimate of drug-likeness (QED) is 0.686. The van der Waals surface area contributed by atoms with Gasteiger partial charge in [0.25, 0.3) is 5.56 Å². The van der Waals surface area contributed by atoms with Gasteiger partial charge in [0.1, 0.15) is 11.6 Å². The van der Waals surface area contributed by atoms with Gasteiger partial charge in [-0.15, -0.1) is 0 Å². The molecule has 1 aromatic carbocycles. The number of carbonyl (C=O) groups excluding carboxylic acids is 1. The normalized spacial score (nSPS) is 16.1. The number of anilines is 1. The van der Waals surface area contributed by atoms with E-state index < -0.39 is 0 Å². The fraction of sp³-hybridized carbons (Fsp3) is 0.238. The van der Waals surface area contributed by atoms with Crippen LogP contribution in [0, 0.1) is 11.7 Å². The van der Waals surface area contributed by atoms with E-state index in [4.69, 9.17) is 0 Å². The second-order valence-corrected chi connectivity index (χ2v) is 6.85. The first-order valence-corrected chi connectivity index (χ1v) is 9.19. The van der Waals surface area contributed by atoms with Crippen LogP contribution < -0.4 is 10.9 Å². The van der Waals surface area contributed by atoms with Gasteiger partial charge in [0.15, 0.2) is 0 Å². The van der Waals surface area contributed by atoms with Crippen LogP contribution in [0.4, 0.5) is 10.1 Å². The minimum absolute atomic E-state index is 0.0609. The Morgan fingerprint density at radius 2 is 1.79 bits per heavy atom. The lowest BCUT2D eigenvalue weighted by Gasteiger charge is -2.13. The van der Waals surface area contributed by atoms with Gasteiger partial charge >= 0.3 is 0 Å². The Bertz CT molecular complexity index is 1050. The summed E-state index contributed by atoms with van der Waals surface area (Å²) in [5.74, 6) is -0.183. The minimum atomic E-state index is -0.344. The van der Waals surface area contributed by atoms with Gasteiger partial charge in [-0.2, -0.15) is 0 Å². The number of nitrogens with one attached hydrogen (secondary N) is 2. The molecule has 3 aromatic rings. The van der Waals surface area contributed by atoms with E-state index in [2.05, 4.69) is 20.3 Å². The summed E-state index contributed by atoms with van der Waals surface area (Å²) in [6, 6.07) is 9.32. The number of H-pyrrole nitrogens is 1. The van der Waals surface area contributed by atoms with Gasteiger partial charge < -0.3 is 10.3 Å². The van der Waals surface area contributed by atoms with Crippen LogP contribution in [0.15, 0.2) is 53.6 Å². The van der Waals surface area contributed by atoms with Crippen molar-refractivity contribution in [3.63, 3.8) is 0 Å². The minimum Gasteiger partial charge on any atom is -0.326 e. The van der Waals surface area contributed by atoms with Gasteiger partial charge in [0.2, 0.25) is 5.91 Å². The SMILES string of the molecule is O=C(Nc1ccncc1)C1CCc2nc(-c3ccc(F)cc3)[nH]c(=O)c2CC1. The molecule has 0 aliphatic heterocycles. The highest BCUT2D eigenvalue weighted by Gasteiger charge is 2.25. The lowest BCUT2D eigenvalue weighted by Crippen LogP contribution is -2.23. The Balaban J connectivity index is 1.54. The molecule has 0 saturated heterocycles. The molecule has 1 unspecified atom stereocenters. The van der Waals surface area contributed by atoms with E-state index in [9.17, 15) is 14.0 Å². The third-order valence-electron chi connectivity index (χ3n) is 5.01. The van der Waals surface area contributed by atoms with E-state index in [1.807, 2.05) is 0 Å². The zero-order valence-electron chi connectivity index (χ0n) is 15.1. The smallest absolute Gasteiger partial charge is 0.254 e. The highest BCUT2D eigenvalue weighted by molar-refractivity contribution is 5.92. The van der Waals surface area contributed by atoms with Gasteiger partial charge in [-0.05, 0) is 62.1 Å². The first-order chi connectivity index (χ1) is 13.6. The fourth-order valence-corrected chi connectivity index (χ4v) is 3.47. The van der Waals surface area contributed by atoms with Gasteiger partial charge in [0.05, 0.1) is 5.69 Å². The number of hydrogen-bond acceptors (Lipinski definition) is 4. The number of aromatic nitrogens is 3. The van der Waals surface area contributed by atoms with Crippen molar-refractivity contribution in [2.45, 2.75) is 25.7 Å². The van der Waals surface area contributed by atoms with Gasteiger partial charge in [-0.3, -0.25) is 14.6 Å². The molecule has 1 atom stereocenters. The monoisotopic (exact) mass is 378 g/mol.